The number of hydrogen-bond acceptors (Lipinski definition) is 2. The number of pyridine rings is 1. The van der Waals surface area contributed by atoms with Crippen LogP contribution in [0.15, 0.2) is 140 Å². The number of para-hydroxylation sites is 2. The molecule has 0 radical (unpaired) electrons. The van der Waals surface area contributed by atoms with Gasteiger partial charge in [-0.2, -0.15) is 0 Å². The van der Waals surface area contributed by atoms with Gasteiger partial charge in [-0.25, -0.2) is 4.98 Å². The van der Waals surface area contributed by atoms with Crippen LogP contribution in [0.3, 0.4) is 0 Å². The van der Waals surface area contributed by atoms with Gasteiger partial charge in [-0.3, -0.25) is 0 Å². The molecule has 0 amide bonds. The molecule has 0 saturated heterocycles. The fourth-order valence-corrected chi connectivity index (χ4v) is 9.28. The average molecular weight is 897 g/mol. The number of nitrogens with zero attached hydrogens (tertiary/aromatic N) is 4. The number of fused-ring (bicyclic) bond motifs is 5. The summed E-state index contributed by atoms with van der Waals surface area (Å²) in [5, 5.41) is 1.96. The Morgan fingerprint density at radius 2 is 1.45 bits per heavy atom. The zero-order chi connectivity index (χ0) is 39.7. The molecule has 1 aliphatic rings. The minimum Gasteiger partial charge on any atom is -0.238 e. The molecule has 10 rings (SSSR count). The molecule has 6 aromatic carbocycles. The third-order valence-electron chi connectivity index (χ3n) is 11.2. The fourth-order valence-electron chi connectivity index (χ4n) is 8.38. The summed E-state index contributed by atoms with van der Waals surface area (Å²) in [6, 6.07) is 52.2. The van der Waals surface area contributed by atoms with Crippen LogP contribution >= 0.6 is 0 Å². The minimum absolute atomic E-state index is 0.110. The Morgan fingerprint density at radius 1 is 0.727 bits per heavy atom. The molecule has 272 valence electrons. The van der Waals surface area contributed by atoms with E-state index in [1.807, 2.05) is 65.2 Å². The zero-order valence-electron chi connectivity index (χ0n) is 33.4. The Balaban J connectivity index is 1.12. The quantitative estimate of drug-likeness (QED) is 0.156. The predicted molar refractivity (Wildman–Crippen MR) is 218 cm³/mol. The van der Waals surface area contributed by atoms with Crippen molar-refractivity contribution in [2.45, 2.75) is 38.6 Å². The van der Waals surface area contributed by atoms with Gasteiger partial charge in [0.2, 0.25) is 0 Å². The first-order valence-electron chi connectivity index (χ1n) is 20.1. The Bertz CT molecular complexity index is 3090. The van der Waals surface area contributed by atoms with Crippen LogP contribution in [0.2, 0.25) is 0 Å². The van der Waals surface area contributed by atoms with Gasteiger partial charge < -0.3 is 0 Å². The summed E-state index contributed by atoms with van der Waals surface area (Å²) in [5.41, 5.74) is 10.3. The monoisotopic (exact) mass is 896 g/mol. The second-order valence-corrected chi connectivity index (χ2v) is 15.4. The molecule has 0 N–H and O–H groups in total. The Labute approximate surface area is 335 Å². The van der Waals surface area contributed by atoms with Crippen LogP contribution in [0.1, 0.15) is 52.5 Å². The summed E-state index contributed by atoms with van der Waals surface area (Å²) >= 11 is 2.45. The maximum absolute atomic E-state index is 8.56. The molecule has 3 heterocycles. The van der Waals surface area contributed by atoms with E-state index in [0.29, 0.717) is 28.8 Å². The summed E-state index contributed by atoms with van der Waals surface area (Å²) in [5.74, 6) is 2.05. The number of ether oxygens (including phenoxy) is 1. The van der Waals surface area contributed by atoms with E-state index in [0.717, 1.165) is 56.9 Å². The summed E-state index contributed by atoms with van der Waals surface area (Å²) in [6.45, 7) is -0.0791. The Hall–Kier alpha value is -5.77. The van der Waals surface area contributed by atoms with E-state index >= 15 is 0 Å². The van der Waals surface area contributed by atoms with E-state index in [-0.39, 0.29) is 11.6 Å². The number of imidazole rings is 1. The van der Waals surface area contributed by atoms with Crippen molar-refractivity contribution in [3.05, 3.63) is 172 Å². The molecule has 3 aromatic heterocycles. The molecular weight excluding hydrogens is 856 g/mol. The maximum atomic E-state index is 8.56. The molecule has 5 nitrogen and oxygen atoms in total. The van der Waals surface area contributed by atoms with Crippen LogP contribution in [0, 0.1) is 22.8 Å². The van der Waals surface area contributed by atoms with Crippen LogP contribution in [-0.4, -0.2) is 18.7 Å². The van der Waals surface area contributed by atoms with Crippen molar-refractivity contribution in [1.82, 2.24) is 18.7 Å². The van der Waals surface area contributed by atoms with Gasteiger partial charge in [-0.1, -0.05) is 72.8 Å². The summed E-state index contributed by atoms with van der Waals surface area (Å²) in [4.78, 5) is 4.93. The van der Waals surface area contributed by atoms with Crippen molar-refractivity contribution in [3.8, 4) is 39.6 Å². The van der Waals surface area contributed by atoms with E-state index in [4.69, 9.17) is 13.8 Å². The predicted octanol–water partition coefficient (Wildman–Crippen LogP) is 12.1. The van der Waals surface area contributed by atoms with Crippen molar-refractivity contribution >= 4 is 32.8 Å². The van der Waals surface area contributed by atoms with Gasteiger partial charge in [0.05, 0.1) is 0 Å². The van der Waals surface area contributed by atoms with E-state index in [1.165, 1.54) is 20.4 Å². The number of rotatable bonds is 6. The molecule has 2 atom stereocenters. The van der Waals surface area contributed by atoms with Gasteiger partial charge in [0.25, 0.3) is 0 Å². The molecule has 0 fully saturated rings. The van der Waals surface area contributed by atoms with Crippen molar-refractivity contribution in [1.29, 1.82) is 0 Å². The Kier molecular flexibility index (Phi) is 7.50. The second-order valence-electron chi connectivity index (χ2n) is 14.4. The first-order valence-corrected chi connectivity index (χ1v) is 19.8. The molecule has 0 bridgehead atoms. The van der Waals surface area contributed by atoms with Crippen molar-refractivity contribution in [2.75, 3.05) is 0 Å². The van der Waals surface area contributed by atoms with Crippen LogP contribution in [0.4, 0.5) is 0 Å². The molecule has 1 aliphatic carbocycles. The van der Waals surface area contributed by atoms with Crippen molar-refractivity contribution < 1.29 is 28.2 Å². The number of hydrogen-bond donors (Lipinski definition) is 0. The van der Waals surface area contributed by atoms with Gasteiger partial charge in [0.1, 0.15) is 0 Å². The molecule has 6 heteroatoms. The van der Waals surface area contributed by atoms with E-state index < -0.39 is 6.85 Å². The summed E-state index contributed by atoms with van der Waals surface area (Å²) < 4.78 is 40.2. The van der Waals surface area contributed by atoms with Crippen molar-refractivity contribution in [3.63, 3.8) is 0 Å². The second kappa shape index (κ2) is 13.5. The third kappa shape index (κ3) is 5.72. The van der Waals surface area contributed by atoms with Crippen LogP contribution in [0.25, 0.3) is 60.9 Å². The van der Waals surface area contributed by atoms with E-state index in [2.05, 4.69) is 121 Å². The standard InChI is InChI=1S/C49H38N4O.Pt/c1-32-18-24-44(52-31-51(3)46-16-10-11-17-47(46)52)42-28-37(20-22-39(32)42)54-38-21-23-40-41-27-36(34-12-6-4-7-13-34)19-25-45(41)53(48(40)29-38)49-26-33(2)43(30-50-49)35-14-8-5-9-15-35;/h4-17,19-23,25-27,30,32,44H,18,24H2,1-3H3;/q-2;/i2D3;. The first-order chi connectivity index (χ1) is 28.1. The molecule has 0 aliphatic heterocycles. The molecule has 9 aromatic rings. The van der Waals surface area contributed by atoms with Crippen LogP contribution in [0.5, 0.6) is 11.5 Å². The van der Waals surface area contributed by atoms with Crippen LogP contribution < -0.4 is 4.74 Å². The van der Waals surface area contributed by atoms with Crippen molar-refractivity contribution in [2.24, 2.45) is 7.05 Å². The molecule has 0 spiro atoms. The molecule has 55 heavy (non-hydrogen) atoms. The molecule has 0 saturated carbocycles. The smallest absolute Gasteiger partial charge is 0.238 e. The minimum atomic E-state index is -2.37. The first kappa shape index (κ1) is 30.5. The molecular formula is C49H38N4OPt-2. The number of benzene rings is 6. The topological polar surface area (TPSA) is 36.9 Å². The van der Waals surface area contributed by atoms with Gasteiger partial charge in [0.15, 0.2) is 0 Å². The zero-order valence-corrected chi connectivity index (χ0v) is 32.6. The summed E-state index contributed by atoms with van der Waals surface area (Å²) in [7, 11) is 2.13. The van der Waals surface area contributed by atoms with E-state index in [9.17, 15) is 0 Å². The van der Waals surface area contributed by atoms with Gasteiger partial charge >= 0.3 is 202 Å². The summed E-state index contributed by atoms with van der Waals surface area (Å²) in [6.07, 6.45) is 3.76. The SMILES string of the molecule is [2H]C([2H])([2H])c1cc(-n2c3[c-]c(Oc4[c-]c5c(cc4)C(C)CCC5n4[c](=[Pt])n(C)c5ccccc54)ccc3c3cc(-c4ccccc4)ccc32)ncc1-c1ccccc1. The van der Waals surface area contributed by atoms with Gasteiger partial charge in [-0.05, 0) is 41.2 Å². The fraction of sp³-hybridized carbons (Fsp3) is 0.143. The third-order valence-corrected chi connectivity index (χ3v) is 12.5. The Morgan fingerprint density at radius 3 is 2.25 bits per heavy atom. The van der Waals surface area contributed by atoms with Crippen LogP contribution in [-0.2, 0) is 26.4 Å². The van der Waals surface area contributed by atoms with Gasteiger partial charge in [0, 0.05) is 15.9 Å². The number of aryl methyl sites for hydroxylation is 2. The van der Waals surface area contributed by atoms with E-state index in [1.54, 1.807) is 12.3 Å². The normalized spacial score (nSPS) is 16.5. The van der Waals surface area contributed by atoms with Gasteiger partial charge in [-0.15, -0.1) is 0 Å². The number of aromatic nitrogens is 4. The molecule has 2 unspecified atom stereocenters. The average Bonchev–Trinajstić information content (AvgIpc) is 3.70.